The molecular weight excluding hydrogens is 186 g/mol. The SMILES string of the molecule is Cc1cnn(-c2ccc(N(C)C)cc2)c1. The van der Waals surface area contributed by atoms with Crippen LogP contribution in [0.1, 0.15) is 5.56 Å². The number of hydrogen-bond acceptors (Lipinski definition) is 2. The Balaban J connectivity index is 2.31. The van der Waals surface area contributed by atoms with Crippen molar-refractivity contribution in [2.75, 3.05) is 19.0 Å². The molecule has 0 aliphatic heterocycles. The van der Waals surface area contributed by atoms with Gasteiger partial charge in [-0.1, -0.05) is 0 Å². The second kappa shape index (κ2) is 3.77. The van der Waals surface area contributed by atoms with E-state index in [4.69, 9.17) is 0 Å². The molecular formula is C12H15N3. The van der Waals surface area contributed by atoms with Gasteiger partial charge in [-0.05, 0) is 36.8 Å². The van der Waals surface area contributed by atoms with Gasteiger partial charge in [0.05, 0.1) is 11.9 Å². The van der Waals surface area contributed by atoms with Crippen molar-refractivity contribution in [3.8, 4) is 5.69 Å². The third-order valence-corrected chi connectivity index (χ3v) is 2.34. The predicted molar refractivity (Wildman–Crippen MR) is 62.6 cm³/mol. The first-order chi connectivity index (χ1) is 7.16. The van der Waals surface area contributed by atoms with E-state index in [1.807, 2.05) is 38.1 Å². The zero-order valence-electron chi connectivity index (χ0n) is 9.31. The first kappa shape index (κ1) is 9.77. The molecule has 1 aromatic carbocycles. The van der Waals surface area contributed by atoms with E-state index < -0.39 is 0 Å². The van der Waals surface area contributed by atoms with E-state index in [-0.39, 0.29) is 0 Å². The van der Waals surface area contributed by atoms with Crippen LogP contribution in [0.25, 0.3) is 5.69 Å². The number of hydrogen-bond donors (Lipinski definition) is 0. The van der Waals surface area contributed by atoms with Crippen LogP contribution in [0, 0.1) is 6.92 Å². The quantitative estimate of drug-likeness (QED) is 0.743. The van der Waals surface area contributed by atoms with Gasteiger partial charge in [-0.2, -0.15) is 5.10 Å². The monoisotopic (exact) mass is 201 g/mol. The fraction of sp³-hybridized carbons (Fsp3) is 0.250. The van der Waals surface area contributed by atoms with Crippen molar-refractivity contribution in [2.45, 2.75) is 6.92 Å². The van der Waals surface area contributed by atoms with E-state index in [2.05, 4.69) is 34.3 Å². The molecule has 0 unspecified atom stereocenters. The van der Waals surface area contributed by atoms with Crippen LogP contribution in [0.5, 0.6) is 0 Å². The Morgan fingerprint density at radius 1 is 1.13 bits per heavy atom. The van der Waals surface area contributed by atoms with Crippen molar-refractivity contribution >= 4 is 5.69 Å². The van der Waals surface area contributed by atoms with Crippen LogP contribution in [0.4, 0.5) is 5.69 Å². The fourth-order valence-electron chi connectivity index (χ4n) is 1.46. The zero-order valence-corrected chi connectivity index (χ0v) is 9.31. The molecule has 78 valence electrons. The van der Waals surface area contributed by atoms with Crippen LogP contribution >= 0.6 is 0 Å². The molecule has 0 saturated carbocycles. The lowest BCUT2D eigenvalue weighted by Crippen LogP contribution is -2.08. The minimum Gasteiger partial charge on any atom is -0.378 e. The first-order valence-electron chi connectivity index (χ1n) is 4.96. The number of benzene rings is 1. The van der Waals surface area contributed by atoms with Crippen LogP contribution in [-0.2, 0) is 0 Å². The van der Waals surface area contributed by atoms with E-state index >= 15 is 0 Å². The van der Waals surface area contributed by atoms with Crippen LogP contribution < -0.4 is 4.90 Å². The molecule has 0 amide bonds. The highest BCUT2D eigenvalue weighted by Gasteiger charge is 1.99. The van der Waals surface area contributed by atoms with Gasteiger partial charge in [0.15, 0.2) is 0 Å². The lowest BCUT2D eigenvalue weighted by Gasteiger charge is -2.12. The van der Waals surface area contributed by atoms with Gasteiger partial charge < -0.3 is 4.90 Å². The highest BCUT2D eigenvalue weighted by Crippen LogP contribution is 2.14. The molecule has 1 aromatic heterocycles. The van der Waals surface area contributed by atoms with Gasteiger partial charge in [0, 0.05) is 26.0 Å². The van der Waals surface area contributed by atoms with Crippen molar-refractivity contribution in [3.05, 3.63) is 42.2 Å². The largest absolute Gasteiger partial charge is 0.378 e. The van der Waals surface area contributed by atoms with Crippen LogP contribution in [-0.4, -0.2) is 23.9 Å². The molecule has 1 heterocycles. The molecule has 2 aromatic rings. The standard InChI is InChI=1S/C12H15N3/c1-10-8-13-15(9-10)12-6-4-11(5-7-12)14(2)3/h4-9H,1-3H3. The topological polar surface area (TPSA) is 21.1 Å². The van der Waals surface area contributed by atoms with Crippen molar-refractivity contribution < 1.29 is 0 Å². The van der Waals surface area contributed by atoms with Crippen molar-refractivity contribution in [3.63, 3.8) is 0 Å². The molecule has 3 heteroatoms. The van der Waals surface area contributed by atoms with E-state index in [0.717, 1.165) is 5.69 Å². The van der Waals surface area contributed by atoms with Gasteiger partial charge >= 0.3 is 0 Å². The Morgan fingerprint density at radius 3 is 2.27 bits per heavy atom. The minimum atomic E-state index is 1.09. The summed E-state index contributed by atoms with van der Waals surface area (Å²) >= 11 is 0. The molecule has 0 aliphatic rings. The summed E-state index contributed by atoms with van der Waals surface area (Å²) in [5, 5.41) is 4.26. The maximum absolute atomic E-state index is 4.26. The number of nitrogens with zero attached hydrogens (tertiary/aromatic N) is 3. The Labute approximate surface area is 90.0 Å². The molecule has 0 fully saturated rings. The molecule has 0 bridgehead atoms. The molecule has 0 saturated heterocycles. The molecule has 0 aliphatic carbocycles. The maximum atomic E-state index is 4.26. The molecule has 0 N–H and O–H groups in total. The zero-order chi connectivity index (χ0) is 10.8. The summed E-state index contributed by atoms with van der Waals surface area (Å²) in [6.45, 7) is 2.04. The van der Waals surface area contributed by atoms with Gasteiger partial charge in [-0.15, -0.1) is 0 Å². The minimum absolute atomic E-state index is 1.09. The highest BCUT2D eigenvalue weighted by molar-refractivity contribution is 5.49. The number of anilines is 1. The number of aromatic nitrogens is 2. The average molecular weight is 201 g/mol. The summed E-state index contributed by atoms with van der Waals surface area (Å²) in [5.41, 5.74) is 3.46. The molecule has 0 spiro atoms. The summed E-state index contributed by atoms with van der Waals surface area (Å²) in [6.07, 6.45) is 3.88. The summed E-state index contributed by atoms with van der Waals surface area (Å²) < 4.78 is 1.88. The second-order valence-corrected chi connectivity index (χ2v) is 3.87. The fourth-order valence-corrected chi connectivity index (χ4v) is 1.46. The smallest absolute Gasteiger partial charge is 0.0647 e. The van der Waals surface area contributed by atoms with Crippen molar-refractivity contribution in [1.82, 2.24) is 9.78 Å². The Morgan fingerprint density at radius 2 is 1.80 bits per heavy atom. The summed E-state index contributed by atoms with van der Waals surface area (Å²) in [7, 11) is 4.07. The lowest BCUT2D eigenvalue weighted by molar-refractivity contribution is 0.880. The van der Waals surface area contributed by atoms with Gasteiger partial charge in [0.1, 0.15) is 0 Å². The average Bonchev–Trinajstić information content (AvgIpc) is 2.65. The van der Waals surface area contributed by atoms with Crippen LogP contribution in [0.2, 0.25) is 0 Å². The normalized spacial score (nSPS) is 10.3. The molecule has 0 atom stereocenters. The van der Waals surface area contributed by atoms with Crippen LogP contribution in [0.15, 0.2) is 36.7 Å². The second-order valence-electron chi connectivity index (χ2n) is 3.87. The number of rotatable bonds is 2. The van der Waals surface area contributed by atoms with E-state index in [1.165, 1.54) is 11.3 Å². The molecule has 3 nitrogen and oxygen atoms in total. The number of aryl methyl sites for hydroxylation is 1. The van der Waals surface area contributed by atoms with Gasteiger partial charge in [-0.25, -0.2) is 4.68 Å². The molecule has 15 heavy (non-hydrogen) atoms. The van der Waals surface area contributed by atoms with E-state index in [1.54, 1.807) is 0 Å². The summed E-state index contributed by atoms with van der Waals surface area (Å²) in [5.74, 6) is 0. The first-order valence-corrected chi connectivity index (χ1v) is 4.96. The van der Waals surface area contributed by atoms with Gasteiger partial charge in [-0.3, -0.25) is 0 Å². The highest BCUT2D eigenvalue weighted by atomic mass is 15.3. The van der Waals surface area contributed by atoms with Crippen LogP contribution in [0.3, 0.4) is 0 Å². The van der Waals surface area contributed by atoms with Gasteiger partial charge in [0.25, 0.3) is 0 Å². The molecule has 2 rings (SSSR count). The van der Waals surface area contributed by atoms with Crippen molar-refractivity contribution in [1.29, 1.82) is 0 Å². The molecule has 0 radical (unpaired) electrons. The summed E-state index contributed by atoms with van der Waals surface area (Å²) in [4.78, 5) is 2.08. The summed E-state index contributed by atoms with van der Waals surface area (Å²) in [6, 6.07) is 8.32. The maximum Gasteiger partial charge on any atom is 0.0647 e. The van der Waals surface area contributed by atoms with Gasteiger partial charge in [0.2, 0.25) is 0 Å². The lowest BCUT2D eigenvalue weighted by atomic mass is 10.2. The van der Waals surface area contributed by atoms with E-state index in [9.17, 15) is 0 Å². The predicted octanol–water partition coefficient (Wildman–Crippen LogP) is 2.25. The third-order valence-electron chi connectivity index (χ3n) is 2.34. The Bertz CT molecular complexity index is 440. The van der Waals surface area contributed by atoms with Crippen molar-refractivity contribution in [2.24, 2.45) is 0 Å². The third kappa shape index (κ3) is 2.01. The van der Waals surface area contributed by atoms with E-state index in [0.29, 0.717) is 0 Å². The Kier molecular flexibility index (Phi) is 2.46. The Hall–Kier alpha value is -1.77.